The van der Waals surface area contributed by atoms with E-state index in [4.69, 9.17) is 28.7 Å². The number of hydrogen-bond acceptors (Lipinski definition) is 34. The van der Waals surface area contributed by atoms with Gasteiger partial charge in [-0.2, -0.15) is 0 Å². The van der Waals surface area contributed by atoms with Gasteiger partial charge in [-0.15, -0.1) is 0 Å². The van der Waals surface area contributed by atoms with Gasteiger partial charge in [-0.3, -0.25) is 115 Å². The fraction of sp³-hybridized carbons (Fsp3) is 0.631. The molecule has 1 saturated heterocycles. The maximum Gasteiger partial charge on any atom is 0.326 e. The van der Waals surface area contributed by atoms with Crippen LogP contribution >= 0.6 is 0 Å². The van der Waals surface area contributed by atoms with Gasteiger partial charge in [0.2, 0.25) is 136 Å². The smallest absolute Gasteiger partial charge is 0.326 e. The summed E-state index contributed by atoms with van der Waals surface area (Å²) in [6.07, 6.45) is -9.52. The number of nitrogens with two attached hydrogens (primary N) is 5. The van der Waals surface area contributed by atoms with Crippen molar-refractivity contribution in [3.8, 4) is 5.75 Å². The molecule has 0 spiro atoms. The zero-order valence-electron chi connectivity index (χ0n) is 79.8. The Balaban J connectivity index is 2.34. The van der Waals surface area contributed by atoms with Gasteiger partial charge in [-0.05, 0) is 94.2 Å². The third kappa shape index (κ3) is 44.9. The highest BCUT2D eigenvalue weighted by atomic mass is 16.4. The number of aliphatic hydroxyl groups excluding tert-OH is 7. The standard InChI is InChI=1S/C84H134N24O35/c1-9-38(6)66(84(142)143)106-73(131)45(18-21-59(87)119)96-72(130)44(17-20-58(86)118)97-80(138)56-11-10-22-108(56)83(141)50(25-41-12-14-42(116)15-13-41)94-62(122)29-90-68(126)46(23-36(2)3)98-74(132)47(24-37(4)5)99-78(136)54(34-112)104-75(133)48(26-60(88)120)100-76(134)49(27-64(124)125)101-82(140)67(40(8)115)107-79(137)55(35-113)103-71(129)43(16-19-57(85)117)93-61(121)28-91-69(127)51(31-109)102-77(135)53(33-111)95-63(123)30-92-70(128)52(32-110)105-81(139)65(89)39(7)114/h12-15,36-40,43-56,65-67,109-116H,9-11,16-35,89H2,1-8H3,(H2,85,117)(H2,86,118)(H2,87,119)(H2,88,120)(H,90,126)(H,91,127)(H,92,128)(H,93,121)(H,94,122)(H,95,123)(H,96,130)(H,97,138)(H,98,132)(H,99,136)(H,100,134)(H,101,140)(H,102,135)(H,103,129)(H,104,133)(H,105,139)(H,106,131)(H,107,137)(H,124,125)(H,142,143)/t38-,39+,40+,43-,44-,45-,46-,47-,48-,49-,50-,51-,52-,53-,54-,55-,56-,65-,66-,67-/m0/s1. The topological polar surface area (TPSA) is 979 Å². The molecular formula is C84H134N24O35. The quantitative estimate of drug-likeness (QED) is 0.0288. The summed E-state index contributed by atoms with van der Waals surface area (Å²) >= 11 is 0. The predicted molar refractivity (Wildman–Crippen MR) is 489 cm³/mol. The van der Waals surface area contributed by atoms with Crippen molar-refractivity contribution in [1.82, 2.24) is 101 Å². The number of amides is 23. The minimum absolute atomic E-state index is 0.0372. The lowest BCUT2D eigenvalue weighted by Gasteiger charge is -2.30. The number of aromatic hydroxyl groups is 1. The van der Waals surface area contributed by atoms with E-state index in [2.05, 4.69) is 42.5 Å². The molecule has 59 heteroatoms. The monoisotopic (exact) mass is 2040 g/mol. The van der Waals surface area contributed by atoms with Crippen molar-refractivity contribution in [2.75, 3.05) is 59.2 Å². The van der Waals surface area contributed by atoms with Gasteiger partial charge in [0.25, 0.3) is 0 Å². The van der Waals surface area contributed by atoms with Crippen molar-refractivity contribution >= 4 is 148 Å². The summed E-state index contributed by atoms with van der Waals surface area (Å²) in [6.45, 7) is 2.59. The molecule has 1 aromatic carbocycles. The molecule has 0 bridgehead atoms. The van der Waals surface area contributed by atoms with Crippen LogP contribution in [-0.4, -0.2) is 378 Å². The van der Waals surface area contributed by atoms with Crippen LogP contribution < -0.4 is 124 Å². The van der Waals surface area contributed by atoms with Crippen LogP contribution in [0.2, 0.25) is 0 Å². The van der Waals surface area contributed by atoms with Crippen LogP contribution in [0.1, 0.15) is 144 Å². The Kier molecular flexibility index (Phi) is 54.5. The largest absolute Gasteiger partial charge is 0.508 e. The summed E-state index contributed by atoms with van der Waals surface area (Å²) in [4.78, 5) is 333. The maximum absolute atomic E-state index is 14.8. The lowest BCUT2D eigenvalue weighted by atomic mass is 9.98. The molecule has 20 atom stereocenters. The molecule has 1 aliphatic rings. The molecule has 0 radical (unpaired) electrons. The molecule has 1 aliphatic heterocycles. The summed E-state index contributed by atoms with van der Waals surface area (Å²) < 4.78 is 0. The number of primary amides is 4. The van der Waals surface area contributed by atoms with Gasteiger partial charge >= 0.3 is 11.9 Å². The second-order valence-electron chi connectivity index (χ2n) is 34.3. The van der Waals surface area contributed by atoms with Crippen molar-refractivity contribution in [3.05, 3.63) is 29.8 Å². The first-order valence-electron chi connectivity index (χ1n) is 45.1. The van der Waals surface area contributed by atoms with Gasteiger partial charge in [0.15, 0.2) is 0 Å². The summed E-state index contributed by atoms with van der Waals surface area (Å²) in [5.74, 6) is -32.6. The number of aliphatic hydroxyl groups is 7. The molecule has 38 N–H and O–H groups in total. The lowest BCUT2D eigenvalue weighted by Crippen LogP contribution is -2.62. The van der Waals surface area contributed by atoms with Crippen LogP contribution in [-0.2, 0) is 126 Å². The zero-order chi connectivity index (χ0) is 109. The fourth-order valence-corrected chi connectivity index (χ4v) is 13.5. The molecule has 1 aromatic rings. The average Bonchev–Trinajstić information content (AvgIpc) is 1.64. The van der Waals surface area contributed by atoms with Crippen molar-refractivity contribution in [3.63, 3.8) is 0 Å². The second kappa shape index (κ2) is 62.6. The van der Waals surface area contributed by atoms with Gasteiger partial charge in [-0.1, -0.05) is 60.1 Å². The normalized spacial score (nSPS) is 16.2. The van der Waals surface area contributed by atoms with E-state index >= 15 is 0 Å². The van der Waals surface area contributed by atoms with E-state index < -0.39 is 385 Å². The highest BCUT2D eigenvalue weighted by Crippen LogP contribution is 2.23. The van der Waals surface area contributed by atoms with E-state index in [1.165, 1.54) is 31.2 Å². The Morgan fingerprint density at radius 3 is 1.09 bits per heavy atom. The Hall–Kier alpha value is -14.5. The van der Waals surface area contributed by atoms with Crippen molar-refractivity contribution in [2.24, 2.45) is 46.4 Å². The molecule has 23 amide bonds. The number of carboxylic acids is 2. The van der Waals surface area contributed by atoms with E-state index in [1.807, 2.05) is 53.2 Å². The van der Waals surface area contributed by atoms with Crippen LogP contribution in [0.5, 0.6) is 5.75 Å². The first kappa shape index (κ1) is 125. The third-order valence-electron chi connectivity index (χ3n) is 21.6. The van der Waals surface area contributed by atoms with Crippen molar-refractivity contribution in [2.45, 2.75) is 260 Å². The number of carbonyl (C=O) groups excluding carboxylic acids is 23. The molecule has 1 heterocycles. The van der Waals surface area contributed by atoms with E-state index in [9.17, 15) is 171 Å². The molecule has 0 saturated carbocycles. The van der Waals surface area contributed by atoms with E-state index in [1.54, 1.807) is 41.5 Å². The summed E-state index contributed by atoms with van der Waals surface area (Å²) in [5, 5.41) is 139. The van der Waals surface area contributed by atoms with E-state index in [0.29, 0.717) is 12.0 Å². The summed E-state index contributed by atoms with van der Waals surface area (Å²) in [7, 11) is 0. The van der Waals surface area contributed by atoms with Gasteiger partial charge in [0.1, 0.15) is 108 Å². The molecule has 0 unspecified atom stereocenters. The number of likely N-dealkylation sites (tertiary alicyclic amines) is 1. The number of phenolic OH excluding ortho intramolecular Hbond substituents is 1. The van der Waals surface area contributed by atoms with Crippen molar-refractivity contribution in [1.29, 1.82) is 0 Å². The van der Waals surface area contributed by atoms with Crippen LogP contribution in [0.25, 0.3) is 0 Å². The van der Waals surface area contributed by atoms with Gasteiger partial charge in [0.05, 0.1) is 77.7 Å². The highest BCUT2D eigenvalue weighted by molar-refractivity contribution is 6.03. The number of phenols is 1. The van der Waals surface area contributed by atoms with Crippen LogP contribution in [0.3, 0.4) is 0 Å². The highest BCUT2D eigenvalue weighted by Gasteiger charge is 2.43. The number of hydrogen-bond donors (Lipinski definition) is 33. The van der Waals surface area contributed by atoms with Gasteiger partial charge in [0, 0.05) is 32.2 Å². The fourth-order valence-electron chi connectivity index (χ4n) is 13.5. The van der Waals surface area contributed by atoms with Crippen LogP contribution in [0, 0.1) is 17.8 Å². The molecular weight excluding hydrogens is 1910 g/mol. The lowest BCUT2D eigenvalue weighted by molar-refractivity contribution is -0.144. The van der Waals surface area contributed by atoms with Gasteiger partial charge < -0.3 is 180 Å². The maximum atomic E-state index is 14.8. The number of carbonyl (C=O) groups is 25. The number of aliphatic carboxylic acids is 2. The Labute approximate surface area is 817 Å². The number of benzene rings is 1. The molecule has 1 fully saturated rings. The number of nitrogens with zero attached hydrogens (tertiary/aromatic N) is 1. The second-order valence-corrected chi connectivity index (χ2v) is 34.3. The Morgan fingerprint density at radius 2 is 0.692 bits per heavy atom. The van der Waals surface area contributed by atoms with E-state index in [-0.39, 0.29) is 44.4 Å². The average molecular weight is 2040 g/mol. The van der Waals surface area contributed by atoms with Crippen LogP contribution in [0.4, 0.5) is 0 Å². The predicted octanol–water partition coefficient (Wildman–Crippen LogP) is -17.0. The molecule has 800 valence electrons. The summed E-state index contributed by atoms with van der Waals surface area (Å²) in [5.41, 5.74) is 27.3. The number of carboxylic acid groups (broad SMARTS) is 2. The minimum Gasteiger partial charge on any atom is -0.508 e. The SMILES string of the molecule is CC[C@H](C)[C@H](NC(=O)[C@H](CCC(N)=O)NC(=O)[C@H](CCC(N)=O)NC(=O)[C@@H]1CCCN1C(=O)[C@H](Cc1ccc(O)cc1)NC(=O)CNC(=O)[C@H](CC(C)C)NC(=O)[C@H](CC(C)C)NC(=O)[C@H](CO)NC(=O)[C@H](CC(N)=O)NC(=O)[C@H](CC(=O)O)NC(=O)[C@@H](NC(=O)[C@H](CO)NC(=O)[C@H](CCC(N)=O)NC(=O)CNC(=O)[C@H](CO)NC(=O)[C@H](CO)NC(=O)CNC(=O)[C@H](CO)NC(=O)[C@@H](N)[C@@H](C)O)[C@@H](C)O)C(=O)O. The zero-order valence-corrected chi connectivity index (χ0v) is 79.8. The molecule has 59 nitrogen and oxygen atoms in total. The first-order chi connectivity index (χ1) is 67.0. The van der Waals surface area contributed by atoms with Gasteiger partial charge in [-0.25, -0.2) is 4.79 Å². The molecule has 143 heavy (non-hydrogen) atoms. The van der Waals surface area contributed by atoms with E-state index in [0.717, 1.165) is 11.8 Å². The Morgan fingerprint density at radius 1 is 0.371 bits per heavy atom. The molecule has 0 aliphatic carbocycles. The van der Waals surface area contributed by atoms with Crippen molar-refractivity contribution < 1.29 is 171 Å². The third-order valence-corrected chi connectivity index (χ3v) is 21.6. The Bertz CT molecular complexity index is 4640. The summed E-state index contributed by atoms with van der Waals surface area (Å²) in [6, 6.07) is -25.5. The molecule has 2 rings (SSSR count). The molecule has 0 aromatic heterocycles. The minimum atomic E-state index is -2.35. The van der Waals surface area contributed by atoms with Crippen LogP contribution in [0.15, 0.2) is 24.3 Å². The number of nitrogens with one attached hydrogen (secondary N) is 18. The first-order valence-corrected chi connectivity index (χ1v) is 45.1. The number of rotatable bonds is 66.